The Morgan fingerprint density at radius 1 is 1.19 bits per heavy atom. The summed E-state index contributed by atoms with van der Waals surface area (Å²) in [5, 5.41) is 10.1. The fourth-order valence-electron chi connectivity index (χ4n) is 5.73. The van der Waals surface area contributed by atoms with Gasteiger partial charge in [-0.25, -0.2) is 4.68 Å². The molecule has 162 valence electrons. The molecule has 1 N–H and O–H groups in total. The Hall–Kier alpha value is -2.31. The van der Waals surface area contributed by atoms with Crippen molar-refractivity contribution in [3.63, 3.8) is 0 Å². The maximum Gasteiger partial charge on any atom is 0.286 e. The molecule has 0 amide bonds. The first-order chi connectivity index (χ1) is 14.8. The number of hydrogen-bond donors (Lipinski definition) is 1. The van der Waals surface area contributed by atoms with Crippen LogP contribution in [0.3, 0.4) is 0 Å². The van der Waals surface area contributed by atoms with Crippen LogP contribution in [0.15, 0.2) is 57.8 Å². The maximum absolute atomic E-state index is 13.0. The Labute approximate surface area is 191 Å². The number of phenols is 1. The molecule has 0 radical (unpaired) electrons. The van der Waals surface area contributed by atoms with Gasteiger partial charge in [0.05, 0.1) is 11.4 Å². The molecular weight excluding hydrogens is 454 g/mol. The lowest BCUT2D eigenvalue weighted by Crippen LogP contribution is -2.57. The zero-order valence-corrected chi connectivity index (χ0v) is 19.8. The number of benzene rings is 2. The molecule has 5 nitrogen and oxygen atoms in total. The minimum atomic E-state index is -0.0249. The van der Waals surface area contributed by atoms with Crippen molar-refractivity contribution in [1.82, 2.24) is 14.3 Å². The van der Waals surface area contributed by atoms with E-state index in [1.807, 2.05) is 48.1 Å². The van der Waals surface area contributed by atoms with Gasteiger partial charge in [0, 0.05) is 19.6 Å². The molecule has 0 spiro atoms. The van der Waals surface area contributed by atoms with Crippen molar-refractivity contribution in [3.8, 4) is 11.4 Å². The number of phenolic OH excluding ortho intramolecular Hbond substituents is 1. The topological polar surface area (TPSA) is 50.4 Å². The summed E-state index contributed by atoms with van der Waals surface area (Å²) in [4.78, 5) is 15.6. The third-order valence-electron chi connectivity index (χ3n) is 7.79. The van der Waals surface area contributed by atoms with Crippen LogP contribution in [0.2, 0.25) is 0 Å². The van der Waals surface area contributed by atoms with Crippen LogP contribution in [0.4, 0.5) is 0 Å². The van der Waals surface area contributed by atoms with Crippen LogP contribution in [0.25, 0.3) is 5.69 Å². The summed E-state index contributed by atoms with van der Waals surface area (Å²) < 4.78 is 4.35. The summed E-state index contributed by atoms with van der Waals surface area (Å²) in [6, 6.07) is 16.0. The fourth-order valence-corrected chi connectivity index (χ4v) is 6.28. The molecule has 1 saturated heterocycles. The summed E-state index contributed by atoms with van der Waals surface area (Å²) >= 11 is 3.59. The summed E-state index contributed by atoms with van der Waals surface area (Å²) in [6.07, 6.45) is 2.00. The van der Waals surface area contributed by atoms with E-state index in [1.165, 1.54) is 11.1 Å². The maximum atomic E-state index is 13.0. The quantitative estimate of drug-likeness (QED) is 0.604. The van der Waals surface area contributed by atoms with Crippen molar-refractivity contribution in [2.24, 2.45) is 13.0 Å². The van der Waals surface area contributed by atoms with E-state index in [-0.39, 0.29) is 11.0 Å². The van der Waals surface area contributed by atoms with Gasteiger partial charge in [-0.1, -0.05) is 38.1 Å². The van der Waals surface area contributed by atoms with Gasteiger partial charge in [0.2, 0.25) is 0 Å². The predicted octanol–water partition coefficient (Wildman–Crippen LogP) is 4.37. The standard InChI is InChI=1S/C25H28BrN3O2/c1-16-21-13-17-9-10-19(30)14-20(17)25(16,2)11-12-28(21)15-22-23(26)24(31)29(27(22)3)18-7-5-4-6-8-18/h4-10,14,16,21,30H,11-13,15H2,1-3H3/t16-,21-,25-/m0/s1. The average molecular weight is 482 g/mol. The van der Waals surface area contributed by atoms with Crippen molar-refractivity contribution in [3.05, 3.63) is 80.2 Å². The molecule has 31 heavy (non-hydrogen) atoms. The third-order valence-corrected chi connectivity index (χ3v) is 8.58. The number of piperidine rings is 1. The van der Waals surface area contributed by atoms with Gasteiger partial charge in [-0.3, -0.25) is 14.4 Å². The molecule has 6 heteroatoms. The normalized spacial score (nSPS) is 25.4. The molecule has 2 aliphatic rings. The number of rotatable bonds is 3. The SMILES string of the molecule is C[C@H]1[C@@H]2Cc3ccc(O)cc3[C@@]1(C)CCN2Cc1c(Br)c(=O)n(-c2ccccc2)n1C. The molecule has 1 aliphatic heterocycles. The second-order valence-electron chi connectivity index (χ2n) is 9.28. The Bertz CT molecular complexity index is 1200. The van der Waals surface area contributed by atoms with Gasteiger partial charge >= 0.3 is 0 Å². The molecule has 1 aliphatic carbocycles. The first-order valence-corrected chi connectivity index (χ1v) is 11.7. The highest BCUT2D eigenvalue weighted by molar-refractivity contribution is 9.10. The fraction of sp³-hybridized carbons (Fsp3) is 0.400. The van der Waals surface area contributed by atoms with Gasteiger partial charge < -0.3 is 5.11 Å². The minimum absolute atomic E-state index is 0.0249. The van der Waals surface area contributed by atoms with E-state index in [0.717, 1.165) is 37.3 Å². The number of nitrogens with zero attached hydrogens (tertiary/aromatic N) is 3. The van der Waals surface area contributed by atoms with Crippen LogP contribution < -0.4 is 5.56 Å². The molecular formula is C25H28BrN3O2. The van der Waals surface area contributed by atoms with Crippen molar-refractivity contribution in [1.29, 1.82) is 0 Å². The molecule has 0 unspecified atom stereocenters. The van der Waals surface area contributed by atoms with E-state index < -0.39 is 0 Å². The highest BCUT2D eigenvalue weighted by atomic mass is 79.9. The smallest absolute Gasteiger partial charge is 0.286 e. The third kappa shape index (κ3) is 3.11. The van der Waals surface area contributed by atoms with E-state index in [1.54, 1.807) is 10.7 Å². The summed E-state index contributed by atoms with van der Waals surface area (Å²) in [5.41, 5.74) is 4.55. The second kappa shape index (κ2) is 7.38. The molecule has 5 rings (SSSR count). The van der Waals surface area contributed by atoms with E-state index in [9.17, 15) is 9.90 Å². The monoisotopic (exact) mass is 481 g/mol. The Kier molecular flexibility index (Phi) is 4.90. The number of aromatic nitrogens is 2. The molecule has 3 atom stereocenters. The highest BCUT2D eigenvalue weighted by Gasteiger charge is 2.48. The van der Waals surface area contributed by atoms with Crippen molar-refractivity contribution in [2.75, 3.05) is 6.54 Å². The van der Waals surface area contributed by atoms with Gasteiger partial charge in [-0.2, -0.15) is 0 Å². The van der Waals surface area contributed by atoms with Crippen LogP contribution in [0.5, 0.6) is 5.75 Å². The number of halogens is 1. The number of hydrogen-bond acceptors (Lipinski definition) is 3. The van der Waals surface area contributed by atoms with Crippen molar-refractivity contribution >= 4 is 15.9 Å². The number of aromatic hydroxyl groups is 1. The van der Waals surface area contributed by atoms with Gasteiger partial charge in [0.25, 0.3) is 5.56 Å². The van der Waals surface area contributed by atoms with Gasteiger partial charge in [0.15, 0.2) is 0 Å². The van der Waals surface area contributed by atoms with Crippen LogP contribution >= 0.6 is 15.9 Å². The molecule has 2 aromatic carbocycles. The largest absolute Gasteiger partial charge is 0.508 e. The lowest BCUT2D eigenvalue weighted by molar-refractivity contribution is 0.0240. The molecule has 1 fully saturated rings. The van der Waals surface area contributed by atoms with Crippen LogP contribution in [-0.4, -0.2) is 32.0 Å². The number of fused-ring (bicyclic) bond motifs is 4. The van der Waals surface area contributed by atoms with Crippen molar-refractivity contribution in [2.45, 2.75) is 44.7 Å². The van der Waals surface area contributed by atoms with Crippen LogP contribution in [-0.2, 0) is 25.4 Å². The van der Waals surface area contributed by atoms with Crippen molar-refractivity contribution < 1.29 is 5.11 Å². The van der Waals surface area contributed by atoms with E-state index >= 15 is 0 Å². The number of likely N-dealkylation sites (tertiary alicyclic amines) is 1. The van der Waals surface area contributed by atoms with E-state index in [2.05, 4.69) is 40.7 Å². The predicted molar refractivity (Wildman–Crippen MR) is 126 cm³/mol. The van der Waals surface area contributed by atoms with Crippen LogP contribution in [0.1, 0.15) is 37.1 Å². The Morgan fingerprint density at radius 2 is 1.94 bits per heavy atom. The van der Waals surface area contributed by atoms with Gasteiger partial charge in [-0.15, -0.1) is 0 Å². The summed E-state index contributed by atoms with van der Waals surface area (Å²) in [6.45, 7) is 6.38. The average Bonchev–Trinajstić information content (AvgIpc) is 2.97. The minimum Gasteiger partial charge on any atom is -0.508 e. The summed E-state index contributed by atoms with van der Waals surface area (Å²) in [7, 11) is 1.96. The van der Waals surface area contributed by atoms with E-state index in [0.29, 0.717) is 22.2 Å². The first kappa shape index (κ1) is 20.6. The molecule has 1 aromatic heterocycles. The molecule has 3 aromatic rings. The molecule has 0 saturated carbocycles. The second-order valence-corrected chi connectivity index (χ2v) is 10.1. The van der Waals surface area contributed by atoms with Gasteiger partial charge in [0.1, 0.15) is 10.2 Å². The Morgan fingerprint density at radius 3 is 2.68 bits per heavy atom. The Balaban J connectivity index is 1.50. The first-order valence-electron chi connectivity index (χ1n) is 10.9. The zero-order valence-electron chi connectivity index (χ0n) is 18.2. The van der Waals surface area contributed by atoms with Gasteiger partial charge in [-0.05, 0) is 82.0 Å². The highest BCUT2D eigenvalue weighted by Crippen LogP contribution is 2.49. The lowest BCUT2D eigenvalue weighted by atomic mass is 9.59. The zero-order chi connectivity index (χ0) is 21.9. The lowest BCUT2D eigenvalue weighted by Gasteiger charge is -2.54. The van der Waals surface area contributed by atoms with Crippen LogP contribution in [0, 0.1) is 5.92 Å². The number of para-hydroxylation sites is 1. The molecule has 2 heterocycles. The van der Waals surface area contributed by atoms with E-state index in [4.69, 9.17) is 0 Å². The molecule has 2 bridgehead atoms. The summed E-state index contributed by atoms with van der Waals surface area (Å²) in [5.74, 6) is 0.816.